The molecule has 0 heterocycles. The van der Waals surface area contributed by atoms with Crippen LogP contribution in [0.15, 0.2) is 36.9 Å². The van der Waals surface area contributed by atoms with E-state index in [1.54, 1.807) is 39.0 Å². The molecule has 0 unspecified atom stereocenters. The molecular weight excluding hydrogens is 245 g/mol. The summed E-state index contributed by atoms with van der Waals surface area (Å²) in [5, 5.41) is 2.76. The van der Waals surface area contributed by atoms with Crippen molar-refractivity contribution in [3.8, 4) is 0 Å². The third kappa shape index (κ3) is 5.55. The van der Waals surface area contributed by atoms with Gasteiger partial charge in [-0.2, -0.15) is 0 Å². The second kappa shape index (κ2) is 6.36. The van der Waals surface area contributed by atoms with Gasteiger partial charge in [-0.1, -0.05) is 18.2 Å². The fraction of sp³-hybridized carbons (Fsp3) is 0.400. The third-order valence-electron chi connectivity index (χ3n) is 2.37. The lowest BCUT2D eigenvalue weighted by Crippen LogP contribution is -2.34. The molecule has 0 radical (unpaired) electrons. The second-order valence-corrected chi connectivity index (χ2v) is 5.27. The predicted molar refractivity (Wildman–Crippen MR) is 73.3 cm³/mol. The van der Waals surface area contributed by atoms with Crippen LogP contribution in [-0.2, 0) is 4.74 Å². The van der Waals surface area contributed by atoms with Crippen molar-refractivity contribution in [2.75, 3.05) is 0 Å². The Morgan fingerprint density at radius 3 is 2.47 bits per heavy atom. The van der Waals surface area contributed by atoms with Gasteiger partial charge in [0.25, 0.3) is 0 Å². The van der Waals surface area contributed by atoms with Crippen molar-refractivity contribution >= 4 is 6.09 Å². The van der Waals surface area contributed by atoms with Crippen molar-refractivity contribution in [1.82, 2.24) is 5.32 Å². The average molecular weight is 265 g/mol. The van der Waals surface area contributed by atoms with E-state index in [4.69, 9.17) is 4.74 Å². The highest BCUT2D eigenvalue weighted by molar-refractivity contribution is 5.68. The molecule has 1 aromatic carbocycles. The van der Waals surface area contributed by atoms with E-state index < -0.39 is 11.7 Å². The van der Waals surface area contributed by atoms with E-state index in [-0.39, 0.29) is 11.9 Å². The molecule has 0 fully saturated rings. The maximum Gasteiger partial charge on any atom is 0.408 e. The zero-order valence-corrected chi connectivity index (χ0v) is 11.6. The Bertz CT molecular complexity index is 434. The number of nitrogens with one attached hydrogen (secondary N) is 1. The highest BCUT2D eigenvalue weighted by atomic mass is 19.1. The first-order valence-corrected chi connectivity index (χ1v) is 6.17. The van der Waals surface area contributed by atoms with Gasteiger partial charge < -0.3 is 10.1 Å². The summed E-state index contributed by atoms with van der Waals surface area (Å²) < 4.78 is 18.1. The van der Waals surface area contributed by atoms with Crippen LogP contribution in [0, 0.1) is 5.82 Å². The van der Waals surface area contributed by atoms with Gasteiger partial charge in [0.15, 0.2) is 0 Å². The Morgan fingerprint density at radius 2 is 2.00 bits per heavy atom. The summed E-state index contributed by atoms with van der Waals surface area (Å²) in [6, 6.07) is 5.74. The summed E-state index contributed by atoms with van der Waals surface area (Å²) in [5.74, 6) is -0.307. The van der Waals surface area contributed by atoms with Gasteiger partial charge in [0.2, 0.25) is 0 Å². The van der Waals surface area contributed by atoms with Crippen molar-refractivity contribution in [2.45, 2.75) is 38.8 Å². The number of carbonyl (C=O) groups excluding carboxylic acids is 1. The van der Waals surface area contributed by atoms with Crippen molar-refractivity contribution in [2.24, 2.45) is 0 Å². The van der Waals surface area contributed by atoms with E-state index in [0.717, 1.165) is 5.56 Å². The van der Waals surface area contributed by atoms with Crippen molar-refractivity contribution in [3.63, 3.8) is 0 Å². The Kier molecular flexibility index (Phi) is 5.10. The first kappa shape index (κ1) is 15.2. The number of halogens is 1. The molecule has 4 heteroatoms. The van der Waals surface area contributed by atoms with Gasteiger partial charge in [0.1, 0.15) is 11.4 Å². The standard InChI is InChI=1S/C15H20FNO2/c1-5-6-13(11-7-9-12(16)10-8-11)17-14(18)19-15(2,3)4/h5,7-10,13H,1,6H2,2-4H3,(H,17,18)/t13-/m0/s1. The smallest absolute Gasteiger partial charge is 0.408 e. The Morgan fingerprint density at radius 1 is 1.42 bits per heavy atom. The number of alkyl carbamates (subject to hydrolysis) is 1. The molecular formula is C15H20FNO2. The number of hydrogen-bond acceptors (Lipinski definition) is 2. The molecule has 1 N–H and O–H groups in total. The lowest BCUT2D eigenvalue weighted by atomic mass is 10.0. The molecule has 19 heavy (non-hydrogen) atoms. The topological polar surface area (TPSA) is 38.3 Å². The number of hydrogen-bond donors (Lipinski definition) is 1. The number of rotatable bonds is 4. The molecule has 0 saturated heterocycles. The number of benzene rings is 1. The molecule has 0 bridgehead atoms. The second-order valence-electron chi connectivity index (χ2n) is 5.27. The van der Waals surface area contributed by atoms with E-state index in [1.165, 1.54) is 12.1 Å². The average Bonchev–Trinajstić information content (AvgIpc) is 2.27. The van der Waals surface area contributed by atoms with E-state index in [1.807, 2.05) is 0 Å². The van der Waals surface area contributed by atoms with Crippen LogP contribution >= 0.6 is 0 Å². The molecule has 1 amide bonds. The molecule has 0 aromatic heterocycles. The van der Waals surface area contributed by atoms with Crippen LogP contribution in [0.5, 0.6) is 0 Å². The van der Waals surface area contributed by atoms with E-state index in [9.17, 15) is 9.18 Å². The van der Waals surface area contributed by atoms with Crippen molar-refractivity contribution in [1.29, 1.82) is 0 Å². The summed E-state index contributed by atoms with van der Waals surface area (Å²) >= 11 is 0. The number of carbonyl (C=O) groups is 1. The van der Waals surface area contributed by atoms with Gasteiger partial charge in [0, 0.05) is 0 Å². The highest BCUT2D eigenvalue weighted by Crippen LogP contribution is 2.18. The molecule has 104 valence electrons. The summed E-state index contributed by atoms with van der Waals surface area (Å²) in [6.45, 7) is 9.06. The molecule has 3 nitrogen and oxygen atoms in total. The fourth-order valence-electron chi connectivity index (χ4n) is 1.59. The van der Waals surface area contributed by atoms with Crippen LogP contribution in [0.25, 0.3) is 0 Å². The van der Waals surface area contributed by atoms with Crippen LogP contribution in [0.2, 0.25) is 0 Å². The Balaban J connectivity index is 2.75. The molecule has 1 rings (SSSR count). The zero-order valence-electron chi connectivity index (χ0n) is 11.6. The Labute approximate surface area is 113 Å². The molecule has 1 aromatic rings. The fourth-order valence-corrected chi connectivity index (χ4v) is 1.59. The van der Waals surface area contributed by atoms with Crippen LogP contribution in [0.3, 0.4) is 0 Å². The van der Waals surface area contributed by atoms with Crippen LogP contribution < -0.4 is 5.32 Å². The molecule has 0 aliphatic heterocycles. The molecule has 0 spiro atoms. The highest BCUT2D eigenvalue weighted by Gasteiger charge is 2.19. The zero-order chi connectivity index (χ0) is 14.5. The van der Waals surface area contributed by atoms with Crippen molar-refractivity contribution in [3.05, 3.63) is 48.3 Å². The summed E-state index contributed by atoms with van der Waals surface area (Å²) in [7, 11) is 0. The van der Waals surface area contributed by atoms with Crippen molar-refractivity contribution < 1.29 is 13.9 Å². The molecule has 1 atom stereocenters. The van der Waals surface area contributed by atoms with Gasteiger partial charge >= 0.3 is 6.09 Å². The summed E-state index contributed by atoms with van der Waals surface area (Å²) in [4.78, 5) is 11.7. The van der Waals surface area contributed by atoms with Gasteiger partial charge in [-0.3, -0.25) is 0 Å². The van der Waals surface area contributed by atoms with Gasteiger partial charge in [0.05, 0.1) is 6.04 Å². The minimum Gasteiger partial charge on any atom is -0.444 e. The monoisotopic (exact) mass is 265 g/mol. The van der Waals surface area contributed by atoms with E-state index >= 15 is 0 Å². The summed E-state index contributed by atoms with van der Waals surface area (Å²) in [5.41, 5.74) is 0.262. The largest absolute Gasteiger partial charge is 0.444 e. The van der Waals surface area contributed by atoms with Gasteiger partial charge in [-0.15, -0.1) is 6.58 Å². The minimum atomic E-state index is -0.550. The first-order valence-electron chi connectivity index (χ1n) is 6.17. The SMILES string of the molecule is C=CC[C@H](NC(=O)OC(C)(C)C)c1ccc(F)cc1. The summed E-state index contributed by atoms with van der Waals surface area (Å²) in [6.07, 6.45) is 1.75. The quantitative estimate of drug-likeness (QED) is 0.837. The van der Waals surface area contributed by atoms with Crippen LogP contribution in [-0.4, -0.2) is 11.7 Å². The van der Waals surface area contributed by atoms with E-state index in [2.05, 4.69) is 11.9 Å². The lowest BCUT2D eigenvalue weighted by Gasteiger charge is -2.23. The number of ether oxygens (including phenoxy) is 1. The first-order chi connectivity index (χ1) is 8.81. The molecule has 0 saturated carbocycles. The molecule has 0 aliphatic carbocycles. The minimum absolute atomic E-state index is 0.270. The number of amides is 1. The predicted octanol–water partition coefficient (Wildman–Crippen LogP) is 3.97. The third-order valence-corrected chi connectivity index (χ3v) is 2.37. The molecule has 0 aliphatic rings. The lowest BCUT2D eigenvalue weighted by molar-refractivity contribution is 0.0504. The Hall–Kier alpha value is -1.84. The van der Waals surface area contributed by atoms with E-state index in [0.29, 0.717) is 6.42 Å². The maximum atomic E-state index is 12.9. The van der Waals surface area contributed by atoms with Gasteiger partial charge in [-0.05, 0) is 44.9 Å². The van der Waals surface area contributed by atoms with Crippen LogP contribution in [0.1, 0.15) is 38.8 Å². The normalized spacial score (nSPS) is 12.6. The van der Waals surface area contributed by atoms with Gasteiger partial charge in [-0.25, -0.2) is 9.18 Å². The maximum absolute atomic E-state index is 12.9. The van der Waals surface area contributed by atoms with Crippen LogP contribution in [0.4, 0.5) is 9.18 Å².